The molecule has 0 aliphatic heterocycles. The number of nitrogens with one attached hydrogen (secondary N) is 1. The summed E-state index contributed by atoms with van der Waals surface area (Å²) in [5, 5.41) is 13.3. The molecule has 0 bridgehead atoms. The van der Waals surface area contributed by atoms with Gasteiger partial charge < -0.3 is 10.1 Å². The Bertz CT molecular complexity index is 636. The molecule has 4 nitrogen and oxygen atoms in total. The van der Waals surface area contributed by atoms with Gasteiger partial charge >= 0.3 is 0 Å². The van der Waals surface area contributed by atoms with Crippen LogP contribution in [0.5, 0.6) is 5.75 Å². The van der Waals surface area contributed by atoms with E-state index in [1.165, 1.54) is 11.5 Å². The molecule has 1 N–H and O–H groups in total. The van der Waals surface area contributed by atoms with Crippen LogP contribution in [0.3, 0.4) is 0 Å². The van der Waals surface area contributed by atoms with Crippen molar-refractivity contribution in [3.63, 3.8) is 0 Å². The maximum atomic E-state index is 9.06. The van der Waals surface area contributed by atoms with E-state index in [9.17, 15) is 0 Å². The molecule has 0 saturated carbocycles. The number of rotatable bonds is 5. The lowest BCUT2D eigenvalue weighted by atomic mass is 10.1. The molecule has 1 atom stereocenters. The van der Waals surface area contributed by atoms with Gasteiger partial charge in [0.15, 0.2) is 5.15 Å². The average Bonchev–Trinajstić information content (AvgIpc) is 2.79. The smallest absolute Gasteiger partial charge is 0.162 e. The number of nitrogens with zero attached hydrogens (tertiary/aromatic N) is 2. The van der Waals surface area contributed by atoms with Crippen molar-refractivity contribution in [3.8, 4) is 11.8 Å². The van der Waals surface area contributed by atoms with E-state index in [4.69, 9.17) is 21.6 Å². The molecule has 1 aromatic carbocycles. The molecule has 0 radical (unpaired) electrons. The Labute approximate surface area is 127 Å². The Morgan fingerprint density at radius 1 is 1.55 bits per heavy atom. The van der Waals surface area contributed by atoms with Gasteiger partial charge in [-0.3, -0.25) is 0 Å². The maximum Gasteiger partial charge on any atom is 0.162 e. The highest BCUT2D eigenvalue weighted by molar-refractivity contribution is 7.10. The van der Waals surface area contributed by atoms with Crippen LogP contribution in [0.1, 0.15) is 31.0 Å². The van der Waals surface area contributed by atoms with E-state index >= 15 is 0 Å². The summed E-state index contributed by atoms with van der Waals surface area (Å²) in [6.45, 7) is 4.60. The predicted molar refractivity (Wildman–Crippen MR) is 81.5 cm³/mol. The molecule has 20 heavy (non-hydrogen) atoms. The van der Waals surface area contributed by atoms with Gasteiger partial charge in [0.1, 0.15) is 22.4 Å². The lowest BCUT2D eigenvalue weighted by molar-refractivity contribution is 0.340. The molecule has 0 aliphatic rings. The predicted octanol–water partition coefficient (Wildman–Crippen LogP) is 4.24. The highest BCUT2D eigenvalue weighted by Crippen LogP contribution is 2.31. The Morgan fingerprint density at radius 3 is 3.05 bits per heavy atom. The molecule has 0 saturated heterocycles. The van der Waals surface area contributed by atoms with E-state index in [0.29, 0.717) is 17.2 Å². The normalized spacial score (nSPS) is 11.7. The number of hydrogen-bond acceptors (Lipinski definition) is 5. The molecule has 104 valence electrons. The third-order valence-electron chi connectivity index (χ3n) is 2.78. The van der Waals surface area contributed by atoms with Crippen molar-refractivity contribution in [1.82, 2.24) is 4.37 Å². The van der Waals surface area contributed by atoms with Crippen LogP contribution in [-0.4, -0.2) is 11.0 Å². The van der Waals surface area contributed by atoms with Gasteiger partial charge in [-0.1, -0.05) is 23.7 Å². The van der Waals surface area contributed by atoms with Crippen LogP contribution >= 0.6 is 23.1 Å². The zero-order valence-corrected chi connectivity index (χ0v) is 12.8. The van der Waals surface area contributed by atoms with Crippen molar-refractivity contribution in [2.75, 3.05) is 11.9 Å². The maximum absolute atomic E-state index is 9.06. The third kappa shape index (κ3) is 3.21. The summed E-state index contributed by atoms with van der Waals surface area (Å²) in [4.78, 5) is 0. The number of ether oxygens (including phenoxy) is 1. The minimum absolute atomic E-state index is 0.0269. The average molecular weight is 308 g/mol. The summed E-state index contributed by atoms with van der Waals surface area (Å²) in [6, 6.07) is 9.95. The fourth-order valence-corrected chi connectivity index (χ4v) is 2.81. The summed E-state index contributed by atoms with van der Waals surface area (Å²) in [5.74, 6) is 0.835. The monoisotopic (exact) mass is 307 g/mol. The lowest BCUT2D eigenvalue weighted by Crippen LogP contribution is -2.06. The van der Waals surface area contributed by atoms with Crippen LogP contribution in [0.15, 0.2) is 24.3 Å². The Morgan fingerprint density at radius 2 is 2.35 bits per heavy atom. The van der Waals surface area contributed by atoms with Crippen molar-refractivity contribution in [1.29, 1.82) is 5.26 Å². The van der Waals surface area contributed by atoms with Gasteiger partial charge in [0.05, 0.1) is 6.61 Å². The highest BCUT2D eigenvalue weighted by Gasteiger charge is 2.15. The van der Waals surface area contributed by atoms with Crippen LogP contribution in [0.2, 0.25) is 5.15 Å². The first-order valence-corrected chi connectivity index (χ1v) is 7.35. The van der Waals surface area contributed by atoms with Gasteiger partial charge in [-0.2, -0.15) is 9.64 Å². The lowest BCUT2D eigenvalue weighted by Gasteiger charge is -2.15. The summed E-state index contributed by atoms with van der Waals surface area (Å²) in [6.07, 6.45) is 0. The van der Waals surface area contributed by atoms with E-state index in [-0.39, 0.29) is 11.2 Å². The van der Waals surface area contributed by atoms with E-state index in [1.807, 2.05) is 38.1 Å². The van der Waals surface area contributed by atoms with Gasteiger partial charge in [0.2, 0.25) is 0 Å². The first-order chi connectivity index (χ1) is 9.65. The van der Waals surface area contributed by atoms with Gasteiger partial charge in [-0.15, -0.1) is 0 Å². The number of hydrogen-bond donors (Lipinski definition) is 1. The van der Waals surface area contributed by atoms with Crippen molar-refractivity contribution in [3.05, 3.63) is 40.5 Å². The van der Waals surface area contributed by atoms with Gasteiger partial charge in [0.25, 0.3) is 0 Å². The van der Waals surface area contributed by atoms with E-state index in [1.54, 1.807) is 0 Å². The van der Waals surface area contributed by atoms with Crippen molar-refractivity contribution < 1.29 is 4.74 Å². The number of anilines is 1. The van der Waals surface area contributed by atoms with Gasteiger partial charge in [-0.25, -0.2) is 0 Å². The minimum Gasteiger partial charge on any atom is -0.494 e. The zero-order chi connectivity index (χ0) is 14.5. The van der Waals surface area contributed by atoms with Crippen molar-refractivity contribution in [2.24, 2.45) is 0 Å². The van der Waals surface area contributed by atoms with Crippen molar-refractivity contribution >= 4 is 28.1 Å². The molecule has 1 unspecified atom stereocenters. The number of nitriles is 1. The molecule has 6 heteroatoms. The summed E-state index contributed by atoms with van der Waals surface area (Å²) < 4.78 is 9.46. The van der Waals surface area contributed by atoms with Crippen molar-refractivity contribution in [2.45, 2.75) is 19.9 Å². The molecular formula is C14H14ClN3OS. The largest absolute Gasteiger partial charge is 0.494 e. The molecule has 1 aromatic heterocycles. The molecule has 1 heterocycles. The first kappa shape index (κ1) is 14.6. The summed E-state index contributed by atoms with van der Waals surface area (Å²) >= 11 is 7.05. The number of halogens is 1. The molecule has 0 amide bonds. The molecular weight excluding hydrogens is 294 g/mol. The molecule has 0 spiro atoms. The third-order valence-corrected chi connectivity index (χ3v) is 3.93. The van der Waals surface area contributed by atoms with Gasteiger partial charge in [0, 0.05) is 6.04 Å². The second kappa shape index (κ2) is 6.60. The number of aromatic nitrogens is 1. The van der Waals surface area contributed by atoms with E-state index < -0.39 is 0 Å². The molecule has 0 aliphatic carbocycles. The Hall–Kier alpha value is -1.77. The number of benzene rings is 1. The van der Waals surface area contributed by atoms with Crippen LogP contribution in [0.4, 0.5) is 5.00 Å². The topological polar surface area (TPSA) is 57.9 Å². The second-order valence-corrected chi connectivity index (χ2v) is 5.29. The van der Waals surface area contributed by atoms with E-state index in [0.717, 1.165) is 11.3 Å². The minimum atomic E-state index is 0.0269. The van der Waals surface area contributed by atoms with Crippen LogP contribution in [-0.2, 0) is 0 Å². The molecule has 2 rings (SSSR count). The standard InChI is InChI=1S/C14H14ClN3OS/c1-3-19-11-6-4-5-10(7-11)9(2)17-14-12(8-16)13(15)18-20-14/h4-7,9,17H,3H2,1-2H3. The SMILES string of the molecule is CCOc1cccc(C(C)Nc2snc(Cl)c2C#N)c1. The van der Waals surface area contributed by atoms with Crippen LogP contribution < -0.4 is 10.1 Å². The highest BCUT2D eigenvalue weighted by atomic mass is 35.5. The van der Waals surface area contributed by atoms with Crippen LogP contribution in [0, 0.1) is 11.3 Å². The Kier molecular flexibility index (Phi) is 4.83. The summed E-state index contributed by atoms with van der Waals surface area (Å²) in [5.41, 5.74) is 1.47. The fourth-order valence-electron chi connectivity index (χ4n) is 1.79. The Balaban J connectivity index is 2.17. The van der Waals surface area contributed by atoms with E-state index in [2.05, 4.69) is 15.8 Å². The first-order valence-electron chi connectivity index (χ1n) is 6.20. The van der Waals surface area contributed by atoms with Crippen LogP contribution in [0.25, 0.3) is 0 Å². The quantitative estimate of drug-likeness (QED) is 0.897. The summed E-state index contributed by atoms with van der Waals surface area (Å²) in [7, 11) is 0. The molecule has 2 aromatic rings. The van der Waals surface area contributed by atoms with Gasteiger partial charge in [-0.05, 0) is 43.1 Å². The zero-order valence-electron chi connectivity index (χ0n) is 11.2. The second-order valence-electron chi connectivity index (χ2n) is 4.16. The molecule has 0 fully saturated rings. The fraction of sp³-hybridized carbons (Fsp3) is 0.286.